The SMILES string of the molecule is N#Cc1ccc2c3c1Oc1ccccc1B3c1cccc3c4ccccc4n-2c13. The monoisotopic (exact) mass is 368 g/mol. The van der Waals surface area contributed by atoms with Gasteiger partial charge in [0.1, 0.15) is 17.6 Å². The Morgan fingerprint density at radius 3 is 2.52 bits per heavy atom. The topological polar surface area (TPSA) is 37.9 Å². The fraction of sp³-hybridized carbons (Fsp3) is 0. The van der Waals surface area contributed by atoms with Crippen LogP contribution in [0.5, 0.6) is 11.5 Å². The van der Waals surface area contributed by atoms with Crippen molar-refractivity contribution in [2.75, 3.05) is 0 Å². The van der Waals surface area contributed by atoms with Gasteiger partial charge in [-0.2, -0.15) is 5.26 Å². The van der Waals surface area contributed by atoms with Gasteiger partial charge >= 0.3 is 0 Å². The molecule has 0 amide bonds. The maximum atomic E-state index is 9.75. The number of nitrogens with zero attached hydrogens (tertiary/aromatic N) is 2. The molecule has 0 unspecified atom stereocenters. The van der Waals surface area contributed by atoms with Crippen LogP contribution in [0.4, 0.5) is 0 Å². The minimum absolute atomic E-state index is 0.0544. The molecule has 29 heavy (non-hydrogen) atoms. The second kappa shape index (κ2) is 5.09. The van der Waals surface area contributed by atoms with Gasteiger partial charge in [0.05, 0.1) is 11.1 Å². The van der Waals surface area contributed by atoms with Crippen LogP contribution in [0.2, 0.25) is 0 Å². The standard InChI is InChI=1S/C25H13BN2O/c27-14-15-12-13-21-23-25(15)29-22-11-4-2-8-18(22)26(23)19-9-5-7-17-16-6-1-3-10-20(16)28(21)24(17)19/h1-13H. The highest BCUT2D eigenvalue weighted by Gasteiger charge is 2.40. The molecule has 5 aromatic rings. The van der Waals surface area contributed by atoms with Gasteiger partial charge in [0.2, 0.25) is 0 Å². The van der Waals surface area contributed by atoms with Crippen molar-refractivity contribution in [3.63, 3.8) is 0 Å². The summed E-state index contributed by atoms with van der Waals surface area (Å²) in [6, 6.07) is 29.6. The molecule has 4 aromatic carbocycles. The number of hydrogen-bond acceptors (Lipinski definition) is 2. The van der Waals surface area contributed by atoms with Crippen LogP contribution in [0.1, 0.15) is 5.56 Å². The normalized spacial score (nSPS) is 13.0. The molecule has 2 aliphatic rings. The second-order valence-electron chi connectivity index (χ2n) is 7.66. The molecular formula is C25H13BN2O. The van der Waals surface area contributed by atoms with Crippen molar-refractivity contribution < 1.29 is 4.74 Å². The van der Waals surface area contributed by atoms with Crippen LogP contribution in [0.25, 0.3) is 27.5 Å². The summed E-state index contributed by atoms with van der Waals surface area (Å²) in [5.74, 6) is 1.52. The van der Waals surface area contributed by atoms with Crippen molar-refractivity contribution in [1.82, 2.24) is 4.57 Å². The Morgan fingerprint density at radius 2 is 1.59 bits per heavy atom. The van der Waals surface area contributed by atoms with Crippen LogP contribution in [0.15, 0.2) is 78.9 Å². The summed E-state index contributed by atoms with van der Waals surface area (Å²) < 4.78 is 8.65. The molecule has 0 N–H and O–H groups in total. The van der Waals surface area contributed by atoms with Gasteiger partial charge in [0.25, 0.3) is 6.71 Å². The van der Waals surface area contributed by atoms with E-state index in [1.165, 1.54) is 27.3 Å². The Kier molecular flexibility index (Phi) is 2.64. The van der Waals surface area contributed by atoms with E-state index in [1.54, 1.807) is 0 Å². The first-order valence-corrected chi connectivity index (χ1v) is 9.73. The summed E-state index contributed by atoms with van der Waals surface area (Å²) in [4.78, 5) is 0. The molecule has 3 nitrogen and oxygen atoms in total. The van der Waals surface area contributed by atoms with Crippen molar-refractivity contribution in [3.05, 3.63) is 84.4 Å². The molecule has 4 heteroatoms. The van der Waals surface area contributed by atoms with E-state index in [2.05, 4.69) is 71.3 Å². The molecule has 0 bridgehead atoms. The molecule has 132 valence electrons. The molecule has 0 fully saturated rings. The third-order valence-corrected chi connectivity index (χ3v) is 6.30. The summed E-state index contributed by atoms with van der Waals surface area (Å²) >= 11 is 0. The van der Waals surface area contributed by atoms with E-state index in [0.717, 1.165) is 22.4 Å². The van der Waals surface area contributed by atoms with Crippen molar-refractivity contribution in [1.29, 1.82) is 5.26 Å². The summed E-state index contributed by atoms with van der Waals surface area (Å²) in [7, 11) is 0. The zero-order chi connectivity index (χ0) is 19.1. The molecule has 0 radical (unpaired) electrons. The fourth-order valence-corrected chi connectivity index (χ4v) is 5.19. The first-order valence-electron chi connectivity index (χ1n) is 9.73. The first kappa shape index (κ1) is 15.0. The summed E-state index contributed by atoms with van der Waals surface area (Å²) in [5.41, 5.74) is 7.61. The number of rotatable bonds is 0. The van der Waals surface area contributed by atoms with Crippen LogP contribution in [-0.4, -0.2) is 11.3 Å². The van der Waals surface area contributed by atoms with E-state index in [1.807, 2.05) is 18.2 Å². The Labute approximate surface area is 167 Å². The Bertz CT molecular complexity index is 1560. The van der Waals surface area contributed by atoms with E-state index in [4.69, 9.17) is 4.74 Å². The molecule has 0 saturated heterocycles. The number of benzene rings is 4. The van der Waals surface area contributed by atoms with Gasteiger partial charge in [0.15, 0.2) is 0 Å². The summed E-state index contributed by atoms with van der Waals surface area (Å²) in [5, 5.41) is 12.3. The molecule has 2 aliphatic heterocycles. The first-order chi connectivity index (χ1) is 14.4. The lowest BCUT2D eigenvalue weighted by atomic mass is 9.34. The lowest BCUT2D eigenvalue weighted by molar-refractivity contribution is 0.485. The van der Waals surface area contributed by atoms with Gasteiger partial charge in [-0.05, 0) is 40.7 Å². The van der Waals surface area contributed by atoms with Gasteiger partial charge in [0, 0.05) is 22.0 Å². The number of para-hydroxylation sites is 3. The molecule has 0 spiro atoms. The maximum Gasteiger partial charge on any atom is 0.256 e. The highest BCUT2D eigenvalue weighted by atomic mass is 16.5. The number of nitriles is 1. The molecule has 0 atom stereocenters. The van der Waals surface area contributed by atoms with Crippen LogP contribution in [0, 0.1) is 11.3 Å². The third-order valence-electron chi connectivity index (χ3n) is 6.30. The average Bonchev–Trinajstić information content (AvgIpc) is 3.12. The maximum absolute atomic E-state index is 9.75. The van der Waals surface area contributed by atoms with Crippen molar-refractivity contribution in [2.45, 2.75) is 0 Å². The number of aromatic nitrogens is 1. The lowest BCUT2D eigenvalue weighted by Gasteiger charge is -2.33. The summed E-state index contributed by atoms with van der Waals surface area (Å²) in [6.45, 7) is 0.0544. The Morgan fingerprint density at radius 1 is 0.793 bits per heavy atom. The minimum atomic E-state index is 0.0544. The fourth-order valence-electron chi connectivity index (χ4n) is 5.19. The summed E-state index contributed by atoms with van der Waals surface area (Å²) in [6.07, 6.45) is 0. The largest absolute Gasteiger partial charge is 0.457 e. The van der Waals surface area contributed by atoms with Gasteiger partial charge < -0.3 is 9.30 Å². The second-order valence-corrected chi connectivity index (χ2v) is 7.66. The van der Waals surface area contributed by atoms with Gasteiger partial charge in [-0.25, -0.2) is 0 Å². The predicted octanol–water partition coefficient (Wildman–Crippen LogP) is 3.59. The van der Waals surface area contributed by atoms with Crippen molar-refractivity contribution >= 4 is 44.9 Å². The number of fused-ring (bicyclic) bond motifs is 7. The smallest absolute Gasteiger partial charge is 0.256 e. The van der Waals surface area contributed by atoms with E-state index in [-0.39, 0.29) is 6.71 Å². The van der Waals surface area contributed by atoms with Gasteiger partial charge in [-0.15, -0.1) is 0 Å². The lowest BCUT2D eigenvalue weighted by Crippen LogP contribution is -2.58. The van der Waals surface area contributed by atoms with Crippen LogP contribution < -0.4 is 21.1 Å². The average molecular weight is 368 g/mol. The van der Waals surface area contributed by atoms with Crippen LogP contribution >= 0.6 is 0 Å². The van der Waals surface area contributed by atoms with E-state index in [0.29, 0.717) is 11.3 Å². The zero-order valence-electron chi connectivity index (χ0n) is 15.4. The third kappa shape index (κ3) is 1.69. The van der Waals surface area contributed by atoms with E-state index < -0.39 is 0 Å². The Hall–Kier alpha value is -3.97. The van der Waals surface area contributed by atoms with Crippen LogP contribution in [-0.2, 0) is 0 Å². The quantitative estimate of drug-likeness (QED) is 0.384. The molecule has 1 aromatic heterocycles. The zero-order valence-corrected chi connectivity index (χ0v) is 15.4. The van der Waals surface area contributed by atoms with Gasteiger partial charge in [-0.3, -0.25) is 0 Å². The number of hydrogen-bond donors (Lipinski definition) is 0. The molecular weight excluding hydrogens is 355 g/mol. The molecule has 0 aliphatic carbocycles. The minimum Gasteiger partial charge on any atom is -0.457 e. The van der Waals surface area contributed by atoms with Gasteiger partial charge in [-0.1, -0.05) is 54.6 Å². The molecule has 3 heterocycles. The number of ether oxygens (including phenoxy) is 1. The van der Waals surface area contributed by atoms with Crippen LogP contribution in [0.3, 0.4) is 0 Å². The Balaban J connectivity index is 1.76. The van der Waals surface area contributed by atoms with Crippen molar-refractivity contribution in [3.8, 4) is 23.3 Å². The molecule has 7 rings (SSSR count). The highest BCUT2D eigenvalue weighted by Crippen LogP contribution is 2.37. The highest BCUT2D eigenvalue weighted by molar-refractivity contribution is 6.99. The predicted molar refractivity (Wildman–Crippen MR) is 117 cm³/mol. The van der Waals surface area contributed by atoms with E-state index in [9.17, 15) is 5.26 Å². The molecule has 0 saturated carbocycles. The van der Waals surface area contributed by atoms with Crippen molar-refractivity contribution in [2.24, 2.45) is 0 Å². The van der Waals surface area contributed by atoms with E-state index >= 15 is 0 Å².